The minimum absolute atomic E-state index is 0.0433. The normalized spacial score (nSPS) is 16.6. The molecule has 0 radical (unpaired) electrons. The van der Waals surface area contributed by atoms with Crippen molar-refractivity contribution in [3.05, 3.63) is 76.0 Å². The second-order valence-corrected chi connectivity index (χ2v) is 7.45. The maximum absolute atomic E-state index is 13.3. The summed E-state index contributed by atoms with van der Waals surface area (Å²) in [6.07, 6.45) is -4.64. The van der Waals surface area contributed by atoms with Crippen molar-refractivity contribution in [1.82, 2.24) is 4.90 Å². The molecule has 2 aromatic carbocycles. The number of ketones is 1. The maximum atomic E-state index is 13.3. The highest BCUT2D eigenvalue weighted by molar-refractivity contribution is 6.05. The Kier molecular flexibility index (Phi) is 6.01. The third-order valence-electron chi connectivity index (χ3n) is 5.40. The fourth-order valence-corrected chi connectivity index (χ4v) is 3.91. The number of likely N-dealkylation sites (N-methyl/N-ethyl adjacent to an activating group) is 1. The van der Waals surface area contributed by atoms with E-state index in [0.29, 0.717) is 0 Å². The molecule has 3 rings (SSSR count). The number of alkyl halides is 3. The largest absolute Gasteiger partial charge is 0.478 e. The molecule has 33 heavy (non-hydrogen) atoms. The Bertz CT molecular complexity index is 1240. The number of aromatic carboxylic acids is 1. The van der Waals surface area contributed by atoms with E-state index in [1.807, 2.05) is 6.07 Å². The molecule has 170 valence electrons. The zero-order valence-corrected chi connectivity index (χ0v) is 17.8. The third kappa shape index (κ3) is 4.17. The van der Waals surface area contributed by atoms with Gasteiger partial charge in [-0.1, -0.05) is 12.1 Å². The number of hydrogen-bond acceptors (Lipinski definition) is 4. The Morgan fingerprint density at radius 3 is 2.36 bits per heavy atom. The molecule has 1 heterocycles. The molecule has 0 saturated heterocycles. The highest BCUT2D eigenvalue weighted by Gasteiger charge is 2.41. The van der Waals surface area contributed by atoms with Crippen LogP contribution in [0.3, 0.4) is 0 Å². The van der Waals surface area contributed by atoms with Crippen LogP contribution in [0.15, 0.2) is 53.7 Å². The number of carbonyl (C=O) groups excluding carboxylic acids is 2. The molecule has 7 nitrogen and oxygen atoms in total. The molecule has 0 bridgehead atoms. The molecular formula is C23H18F3N3O4. The minimum atomic E-state index is -4.64. The lowest BCUT2D eigenvalue weighted by molar-refractivity contribution is -0.137. The number of carboxylic acids is 1. The van der Waals surface area contributed by atoms with Gasteiger partial charge in [0.25, 0.3) is 0 Å². The number of nitriles is 1. The Morgan fingerprint density at radius 2 is 1.82 bits per heavy atom. The van der Waals surface area contributed by atoms with E-state index in [9.17, 15) is 32.7 Å². The van der Waals surface area contributed by atoms with Crippen LogP contribution in [0, 0.1) is 11.3 Å². The van der Waals surface area contributed by atoms with Crippen LogP contribution in [0.5, 0.6) is 0 Å². The Hall–Kier alpha value is -4.13. The van der Waals surface area contributed by atoms with Crippen LogP contribution in [0.4, 0.5) is 23.7 Å². The average molecular weight is 457 g/mol. The predicted octanol–water partition coefficient (Wildman–Crippen LogP) is 4.75. The van der Waals surface area contributed by atoms with Crippen LogP contribution < -0.4 is 4.90 Å². The monoisotopic (exact) mass is 457 g/mol. The van der Waals surface area contributed by atoms with E-state index in [1.54, 1.807) is 0 Å². The number of nitrogens with zero attached hydrogens (tertiary/aromatic N) is 3. The molecule has 1 aliphatic rings. The number of benzene rings is 2. The molecular weight excluding hydrogens is 439 g/mol. The van der Waals surface area contributed by atoms with E-state index in [1.165, 1.54) is 39.1 Å². The Balaban J connectivity index is 2.26. The highest BCUT2D eigenvalue weighted by atomic mass is 19.4. The number of Topliss-reactive ketones (excluding diaryl/α,β-unsaturated/α-hetero) is 1. The van der Waals surface area contributed by atoms with Gasteiger partial charge in [-0.3, -0.25) is 9.69 Å². The molecule has 0 aliphatic carbocycles. The lowest BCUT2D eigenvalue weighted by Gasteiger charge is -2.41. The van der Waals surface area contributed by atoms with E-state index in [2.05, 4.69) is 0 Å². The van der Waals surface area contributed by atoms with Crippen LogP contribution >= 0.6 is 0 Å². The Morgan fingerprint density at radius 1 is 1.15 bits per heavy atom. The second-order valence-electron chi connectivity index (χ2n) is 7.45. The summed E-state index contributed by atoms with van der Waals surface area (Å²) in [6, 6.07) is 7.97. The van der Waals surface area contributed by atoms with Gasteiger partial charge in [-0.05, 0) is 49.7 Å². The van der Waals surface area contributed by atoms with Crippen molar-refractivity contribution < 1.29 is 32.7 Å². The van der Waals surface area contributed by atoms with Crippen molar-refractivity contribution in [3.63, 3.8) is 0 Å². The zero-order chi connectivity index (χ0) is 24.7. The van der Waals surface area contributed by atoms with Gasteiger partial charge in [-0.2, -0.15) is 18.4 Å². The van der Waals surface area contributed by atoms with E-state index in [4.69, 9.17) is 5.26 Å². The van der Waals surface area contributed by atoms with Gasteiger partial charge in [-0.25, -0.2) is 9.59 Å². The number of halogens is 3. The van der Waals surface area contributed by atoms with Crippen LogP contribution in [0.25, 0.3) is 0 Å². The maximum Gasteiger partial charge on any atom is 0.416 e. The van der Waals surface area contributed by atoms with Crippen LogP contribution in [0.2, 0.25) is 0 Å². The van der Waals surface area contributed by atoms with Gasteiger partial charge in [0.05, 0.1) is 34.5 Å². The summed E-state index contributed by atoms with van der Waals surface area (Å²) in [4.78, 5) is 39.9. The minimum Gasteiger partial charge on any atom is -0.478 e. The smallest absolute Gasteiger partial charge is 0.416 e. The van der Waals surface area contributed by atoms with Gasteiger partial charge in [0, 0.05) is 18.3 Å². The van der Waals surface area contributed by atoms with Gasteiger partial charge in [0.1, 0.15) is 0 Å². The average Bonchev–Trinajstić information content (AvgIpc) is 2.75. The van der Waals surface area contributed by atoms with Crippen molar-refractivity contribution in [3.8, 4) is 6.07 Å². The first-order chi connectivity index (χ1) is 15.4. The molecule has 0 spiro atoms. The first-order valence-electron chi connectivity index (χ1n) is 9.61. The molecule has 0 saturated carbocycles. The second kappa shape index (κ2) is 8.43. The van der Waals surface area contributed by atoms with Crippen molar-refractivity contribution in [2.75, 3.05) is 11.9 Å². The van der Waals surface area contributed by atoms with E-state index in [0.717, 1.165) is 34.1 Å². The Labute approximate surface area is 186 Å². The molecule has 1 N–H and O–H groups in total. The number of urea groups is 1. The van der Waals surface area contributed by atoms with E-state index in [-0.39, 0.29) is 33.6 Å². The van der Waals surface area contributed by atoms with Gasteiger partial charge in [0.15, 0.2) is 5.78 Å². The predicted molar refractivity (Wildman–Crippen MR) is 111 cm³/mol. The summed E-state index contributed by atoms with van der Waals surface area (Å²) >= 11 is 0. The number of carboxylic acid groups (broad SMARTS) is 1. The molecule has 2 amide bonds. The standard InChI is InChI=1S/C23H18F3N3O4/c1-12-19(13(2)30)20(17-8-7-14(11-27)9-18(17)21(31)32)28(3)22(33)29(12)16-6-4-5-15(10-16)23(24,25)26/h4-10,20H,1-3H3,(H,31,32)/t20-/m1/s1. The zero-order valence-electron chi connectivity index (χ0n) is 17.8. The molecule has 10 heteroatoms. The molecule has 0 aromatic heterocycles. The van der Waals surface area contributed by atoms with Gasteiger partial charge >= 0.3 is 18.2 Å². The van der Waals surface area contributed by atoms with E-state index < -0.39 is 35.6 Å². The number of anilines is 1. The summed E-state index contributed by atoms with van der Waals surface area (Å²) in [5, 5.41) is 18.8. The third-order valence-corrected chi connectivity index (χ3v) is 5.40. The van der Waals surface area contributed by atoms with Gasteiger partial charge in [-0.15, -0.1) is 0 Å². The number of rotatable bonds is 4. The first-order valence-corrected chi connectivity index (χ1v) is 9.61. The SMILES string of the molecule is CC(=O)C1=C(C)N(c2cccc(C(F)(F)F)c2)C(=O)N(C)[C@@H]1c1ccc(C#N)cc1C(=O)O. The molecule has 0 fully saturated rings. The fourth-order valence-electron chi connectivity index (χ4n) is 3.91. The topological polar surface area (TPSA) is 102 Å². The summed E-state index contributed by atoms with van der Waals surface area (Å²) in [7, 11) is 1.33. The number of amides is 2. The van der Waals surface area contributed by atoms with E-state index >= 15 is 0 Å². The molecule has 2 aromatic rings. The number of hydrogen-bond donors (Lipinski definition) is 1. The van der Waals surface area contributed by atoms with Crippen LogP contribution in [-0.4, -0.2) is 34.8 Å². The lowest BCUT2D eigenvalue weighted by Crippen LogP contribution is -2.49. The lowest BCUT2D eigenvalue weighted by atomic mass is 9.87. The molecule has 0 unspecified atom stereocenters. The first kappa shape index (κ1) is 23.5. The van der Waals surface area contributed by atoms with Crippen molar-refractivity contribution in [1.29, 1.82) is 5.26 Å². The van der Waals surface area contributed by atoms with Crippen molar-refractivity contribution in [2.24, 2.45) is 0 Å². The molecule has 1 aliphatic heterocycles. The summed E-state index contributed by atoms with van der Waals surface area (Å²) in [5.41, 5.74) is -1.01. The summed E-state index contributed by atoms with van der Waals surface area (Å²) in [5.74, 6) is -1.85. The van der Waals surface area contributed by atoms with Crippen molar-refractivity contribution in [2.45, 2.75) is 26.1 Å². The molecule has 1 atom stereocenters. The summed E-state index contributed by atoms with van der Waals surface area (Å²) < 4.78 is 39.7. The fraction of sp³-hybridized carbons (Fsp3) is 0.217. The summed E-state index contributed by atoms with van der Waals surface area (Å²) in [6.45, 7) is 2.64. The highest BCUT2D eigenvalue weighted by Crippen LogP contribution is 2.41. The van der Waals surface area contributed by atoms with Crippen molar-refractivity contribution >= 4 is 23.5 Å². The van der Waals surface area contributed by atoms with Crippen LogP contribution in [-0.2, 0) is 11.0 Å². The van der Waals surface area contributed by atoms with Gasteiger partial charge in [0.2, 0.25) is 0 Å². The quantitative estimate of drug-likeness (QED) is 0.714. The number of allylic oxidation sites excluding steroid dienone is 1. The number of carbonyl (C=O) groups is 3. The van der Waals surface area contributed by atoms with Crippen LogP contribution in [0.1, 0.15) is 46.9 Å². The van der Waals surface area contributed by atoms with Gasteiger partial charge < -0.3 is 10.0 Å².